The summed E-state index contributed by atoms with van der Waals surface area (Å²) in [6.45, 7) is 25.3. The minimum atomic E-state index is -0.275. The second-order valence-corrected chi connectivity index (χ2v) is 26.2. The molecule has 0 fully saturated rings. The van der Waals surface area contributed by atoms with Crippen LogP contribution in [0.25, 0.3) is 88.2 Å². The zero-order valence-electron chi connectivity index (χ0n) is 44.9. The maximum atomic E-state index is 12.7. The Balaban J connectivity index is 0.000000315. The van der Waals surface area contributed by atoms with Gasteiger partial charge in [0.15, 0.2) is 0 Å². The largest absolute Gasteiger partial charge is 0.304 e. The van der Waals surface area contributed by atoms with E-state index in [2.05, 4.69) is 204 Å². The van der Waals surface area contributed by atoms with E-state index < -0.39 is 0 Å². The molecular weight excluding hydrogens is 1170 g/mol. The second kappa shape index (κ2) is 18.0. The van der Waals surface area contributed by atoms with Gasteiger partial charge in [0, 0.05) is 32.1 Å². The van der Waals surface area contributed by atoms with Crippen LogP contribution >= 0.6 is 0 Å². The Bertz CT molecular complexity index is 4380. The molecule has 0 unspecified atom stereocenters. The molecular formula is C68H58BFIrN4Se-2. The number of nitrogens with zero attached hydrogens (tertiary/aromatic N) is 4. The fraction of sp³-hybridized carbons (Fsp3) is 0.206. The Morgan fingerprint density at radius 2 is 1.32 bits per heavy atom. The molecule has 14 rings (SSSR count). The van der Waals surface area contributed by atoms with Crippen molar-refractivity contribution in [3.8, 4) is 28.1 Å². The van der Waals surface area contributed by atoms with Crippen molar-refractivity contribution in [3.05, 3.63) is 198 Å². The van der Waals surface area contributed by atoms with Gasteiger partial charge >= 0.3 is 361 Å². The van der Waals surface area contributed by atoms with Gasteiger partial charge in [-0.2, -0.15) is 0 Å². The van der Waals surface area contributed by atoms with Crippen LogP contribution in [-0.4, -0.2) is 40.6 Å². The maximum absolute atomic E-state index is 12.7. The van der Waals surface area contributed by atoms with E-state index in [9.17, 15) is 4.39 Å². The summed E-state index contributed by atoms with van der Waals surface area (Å²) in [4.78, 5) is 9.66. The molecule has 76 heavy (non-hydrogen) atoms. The maximum Gasteiger partial charge on any atom is 0.0379 e. The monoisotopic (exact) mass is 1230 g/mol. The van der Waals surface area contributed by atoms with Gasteiger partial charge in [0.25, 0.3) is 0 Å². The molecule has 4 aromatic heterocycles. The van der Waals surface area contributed by atoms with Gasteiger partial charge in [-0.25, -0.2) is 0 Å². The number of pyridine rings is 2. The van der Waals surface area contributed by atoms with Crippen molar-refractivity contribution in [3.63, 3.8) is 0 Å². The van der Waals surface area contributed by atoms with E-state index in [1.54, 1.807) is 6.07 Å². The fourth-order valence-corrected chi connectivity index (χ4v) is 14.1. The predicted molar refractivity (Wildman–Crippen MR) is 316 cm³/mol. The van der Waals surface area contributed by atoms with Gasteiger partial charge in [-0.15, -0.1) is 29.8 Å². The van der Waals surface area contributed by atoms with E-state index in [-0.39, 0.29) is 63.8 Å². The third kappa shape index (κ3) is 8.01. The Morgan fingerprint density at radius 1 is 0.592 bits per heavy atom. The Hall–Kier alpha value is -6.66. The van der Waals surface area contributed by atoms with Crippen molar-refractivity contribution in [2.75, 3.05) is 0 Å². The summed E-state index contributed by atoms with van der Waals surface area (Å²) >= 11 is 0.105. The van der Waals surface area contributed by atoms with Crippen LogP contribution in [-0.2, 0) is 36.4 Å². The molecule has 0 saturated carbocycles. The van der Waals surface area contributed by atoms with Gasteiger partial charge in [0.1, 0.15) is 0 Å². The molecule has 2 aliphatic heterocycles. The summed E-state index contributed by atoms with van der Waals surface area (Å²) in [6, 6.07) is 59.5. The van der Waals surface area contributed by atoms with Crippen molar-refractivity contribution in [1.82, 2.24) is 18.9 Å². The second-order valence-electron chi connectivity index (χ2n) is 24.0. The molecule has 8 aromatic carbocycles. The van der Waals surface area contributed by atoms with Crippen molar-refractivity contribution >= 4 is 107 Å². The standard InChI is InChI=1S/C55H47BN3Se.C13H11FN.Ir/c1-53(2,3)32-21-23-45-39(27-32)40-28-34(55(7,8)9)30-42-50(40)58(45)46-25-31(26-48-49(46)56(42)41-29-33(54(4,5)6)22-24-47(41)60-48)35-18-14-19-43-51(35)59-44-20-13-12-16-37(44)36-15-10-11-17-38(36)52(59)57-43;1-9-7-13(15-8-10(9)2)11-3-5-12(14)6-4-11;/h10-16,18-30H,1-9H3;3,5-8H,1-2H3;/q2*-1;. The van der Waals surface area contributed by atoms with Crippen LogP contribution in [0.5, 0.6) is 0 Å². The average Bonchev–Trinajstić information content (AvgIpc) is 4.15. The Labute approximate surface area is 465 Å². The number of aryl methyl sites for hydroxylation is 2. The summed E-state index contributed by atoms with van der Waals surface area (Å²) < 4.78 is 20.7. The van der Waals surface area contributed by atoms with E-state index in [4.69, 9.17) is 4.98 Å². The number of hydrogen-bond acceptors (Lipinski definition) is 2. The molecule has 8 heteroatoms. The van der Waals surface area contributed by atoms with Crippen molar-refractivity contribution in [2.45, 2.75) is 92.4 Å². The van der Waals surface area contributed by atoms with Gasteiger partial charge in [-0.05, 0) is 25.1 Å². The van der Waals surface area contributed by atoms with Gasteiger partial charge in [-0.3, -0.25) is 4.39 Å². The smallest absolute Gasteiger partial charge is 0.0379 e. The summed E-state index contributed by atoms with van der Waals surface area (Å²) in [5, 5.41) is 6.16. The minimum absolute atomic E-state index is 0. The quantitative estimate of drug-likeness (QED) is 0.0982. The van der Waals surface area contributed by atoms with Crippen LogP contribution in [0.15, 0.2) is 152 Å². The molecule has 0 amide bonds. The van der Waals surface area contributed by atoms with Crippen LogP contribution in [0.3, 0.4) is 0 Å². The van der Waals surface area contributed by atoms with E-state index in [0.717, 1.165) is 44.4 Å². The number of benzene rings is 8. The first-order valence-corrected chi connectivity index (χ1v) is 27.9. The van der Waals surface area contributed by atoms with Crippen LogP contribution < -0.4 is 25.3 Å². The zero-order valence-corrected chi connectivity index (χ0v) is 49.0. The van der Waals surface area contributed by atoms with Crippen LogP contribution in [0, 0.1) is 31.8 Å². The van der Waals surface area contributed by atoms with Crippen LogP contribution in [0.1, 0.15) is 90.1 Å². The SMILES string of the molecule is CC(C)(C)c1ccc2c(c1)B1c3c(cc(-c4cccc5nc6c7[c-]cccc7c7ccccc7n6c45)cc3-n3c4ccc(C(C)(C)C)cc4c4cc(C(C)(C)C)cc1c43)[Se]2.Cc1cnc(-c2[c-]cc(F)cc2)cc1C.[Ir]. The minimum Gasteiger partial charge on any atom is -0.304 e. The summed E-state index contributed by atoms with van der Waals surface area (Å²) in [5.41, 5.74) is 23.3. The molecule has 2 aliphatic rings. The van der Waals surface area contributed by atoms with Gasteiger partial charge < -0.3 is 4.98 Å². The Kier molecular flexibility index (Phi) is 11.9. The topological polar surface area (TPSA) is 35.1 Å². The summed E-state index contributed by atoms with van der Waals surface area (Å²) in [7, 11) is 0. The number of halogens is 1. The molecule has 0 aliphatic carbocycles. The molecule has 12 aromatic rings. The molecule has 0 atom stereocenters. The van der Waals surface area contributed by atoms with Crippen LogP contribution in [0.4, 0.5) is 4.39 Å². The van der Waals surface area contributed by atoms with Crippen LogP contribution in [0.2, 0.25) is 0 Å². The third-order valence-electron chi connectivity index (χ3n) is 15.9. The molecule has 6 heterocycles. The van der Waals surface area contributed by atoms with Gasteiger partial charge in [-0.1, -0.05) is 11.6 Å². The first-order chi connectivity index (χ1) is 35.8. The van der Waals surface area contributed by atoms with E-state index in [0.29, 0.717) is 0 Å². The third-order valence-corrected chi connectivity index (χ3v) is 18.3. The van der Waals surface area contributed by atoms with Crippen molar-refractivity contribution in [2.24, 2.45) is 0 Å². The first-order valence-electron chi connectivity index (χ1n) is 26.2. The molecule has 0 spiro atoms. The number of rotatable bonds is 2. The van der Waals surface area contributed by atoms with Gasteiger partial charge in [0.2, 0.25) is 0 Å². The van der Waals surface area contributed by atoms with Crippen molar-refractivity contribution in [1.29, 1.82) is 0 Å². The van der Waals surface area contributed by atoms with E-state index >= 15 is 0 Å². The van der Waals surface area contributed by atoms with E-state index in [1.807, 2.05) is 32.2 Å². The molecule has 4 nitrogen and oxygen atoms in total. The fourth-order valence-electron chi connectivity index (χ4n) is 11.6. The number of hydrogen-bond donors (Lipinski definition) is 0. The zero-order chi connectivity index (χ0) is 52.0. The van der Waals surface area contributed by atoms with Gasteiger partial charge in [0.05, 0.1) is 0 Å². The molecule has 377 valence electrons. The first kappa shape index (κ1) is 50.2. The molecule has 1 radical (unpaired) electrons. The van der Waals surface area contributed by atoms with E-state index in [1.165, 1.54) is 109 Å². The number of para-hydroxylation sites is 2. The normalized spacial score (nSPS) is 13.1. The number of fused-ring (bicyclic) bond motifs is 15. The Morgan fingerprint density at radius 3 is 2.07 bits per heavy atom. The number of imidazole rings is 1. The molecule has 0 bridgehead atoms. The predicted octanol–water partition coefficient (Wildman–Crippen LogP) is 13.4. The molecule has 0 N–H and O–H groups in total. The average molecular weight is 1230 g/mol. The number of aromatic nitrogens is 4. The summed E-state index contributed by atoms with van der Waals surface area (Å²) in [6.07, 6.45) is 1.82. The summed E-state index contributed by atoms with van der Waals surface area (Å²) in [5.74, 6) is -0.275. The molecule has 0 saturated heterocycles. The van der Waals surface area contributed by atoms with Crippen molar-refractivity contribution < 1.29 is 24.5 Å².